The SMILES string of the molecule is FC1(F)SC(F)(F)C2C3C=CC(C3)C21. The molecule has 0 aromatic heterocycles. The summed E-state index contributed by atoms with van der Waals surface area (Å²) in [6, 6.07) is 0. The lowest BCUT2D eigenvalue weighted by Crippen LogP contribution is -2.31. The van der Waals surface area contributed by atoms with Crippen LogP contribution in [0, 0.1) is 23.7 Å². The van der Waals surface area contributed by atoms with E-state index in [1.54, 1.807) is 12.2 Å². The maximum absolute atomic E-state index is 13.3. The first kappa shape index (κ1) is 9.07. The highest BCUT2D eigenvalue weighted by atomic mass is 32.2. The van der Waals surface area contributed by atoms with Gasteiger partial charge < -0.3 is 0 Å². The first-order valence-electron chi connectivity index (χ1n) is 4.56. The largest absolute Gasteiger partial charge is 0.303 e. The van der Waals surface area contributed by atoms with Gasteiger partial charge in [0, 0.05) is 11.8 Å². The van der Waals surface area contributed by atoms with Crippen LogP contribution in [0.15, 0.2) is 12.2 Å². The lowest BCUT2D eigenvalue weighted by Gasteiger charge is -2.24. The van der Waals surface area contributed by atoms with Crippen molar-refractivity contribution in [3.63, 3.8) is 0 Å². The molecule has 0 N–H and O–H groups in total. The molecule has 0 aromatic rings. The van der Waals surface area contributed by atoms with Crippen LogP contribution in [0.4, 0.5) is 17.6 Å². The maximum Gasteiger partial charge on any atom is 0.303 e. The number of rotatable bonds is 0. The molecule has 78 valence electrons. The molecule has 4 unspecified atom stereocenters. The zero-order valence-corrected chi connectivity index (χ0v) is 7.91. The molecule has 0 nitrogen and oxygen atoms in total. The summed E-state index contributed by atoms with van der Waals surface area (Å²) in [5.74, 6) is -2.95. The summed E-state index contributed by atoms with van der Waals surface area (Å²) < 4.78 is 53.2. The van der Waals surface area contributed by atoms with Crippen molar-refractivity contribution in [3.05, 3.63) is 12.2 Å². The number of hydrogen-bond acceptors (Lipinski definition) is 1. The maximum atomic E-state index is 13.3. The minimum Gasteiger partial charge on any atom is -0.194 e. The molecule has 5 heteroatoms. The monoisotopic (exact) mass is 224 g/mol. The average Bonchev–Trinajstić information content (AvgIpc) is 2.61. The fourth-order valence-electron chi connectivity index (χ4n) is 3.06. The van der Waals surface area contributed by atoms with E-state index in [4.69, 9.17) is 0 Å². The van der Waals surface area contributed by atoms with Gasteiger partial charge in [-0.15, -0.1) is 0 Å². The molecule has 2 aliphatic carbocycles. The van der Waals surface area contributed by atoms with E-state index in [-0.39, 0.29) is 11.8 Å². The van der Waals surface area contributed by atoms with Crippen molar-refractivity contribution in [2.24, 2.45) is 23.7 Å². The van der Waals surface area contributed by atoms with Crippen molar-refractivity contribution in [1.29, 1.82) is 0 Å². The second-order valence-electron chi connectivity index (χ2n) is 4.23. The van der Waals surface area contributed by atoms with Gasteiger partial charge >= 0.3 is 10.5 Å². The third kappa shape index (κ3) is 0.916. The summed E-state index contributed by atoms with van der Waals surface area (Å²) >= 11 is -0.442. The summed E-state index contributed by atoms with van der Waals surface area (Å²) in [5, 5.41) is -6.50. The number of halogens is 4. The summed E-state index contributed by atoms with van der Waals surface area (Å²) in [6.07, 6.45) is 3.85. The lowest BCUT2D eigenvalue weighted by molar-refractivity contribution is -0.0309. The average molecular weight is 224 g/mol. The van der Waals surface area contributed by atoms with Crippen LogP contribution >= 0.6 is 11.8 Å². The molecule has 0 aromatic carbocycles. The molecule has 1 aliphatic heterocycles. The number of hydrogen-bond donors (Lipinski definition) is 0. The van der Waals surface area contributed by atoms with Crippen molar-refractivity contribution in [2.75, 3.05) is 0 Å². The Morgan fingerprint density at radius 2 is 1.36 bits per heavy atom. The van der Waals surface area contributed by atoms with Gasteiger partial charge in [0.1, 0.15) is 0 Å². The molecule has 2 fully saturated rings. The predicted molar refractivity (Wildman–Crippen MR) is 45.2 cm³/mol. The highest BCUT2D eigenvalue weighted by molar-refractivity contribution is 8.01. The van der Waals surface area contributed by atoms with Crippen molar-refractivity contribution >= 4 is 11.8 Å². The van der Waals surface area contributed by atoms with E-state index in [2.05, 4.69) is 0 Å². The van der Waals surface area contributed by atoms with E-state index < -0.39 is 34.1 Å². The second-order valence-corrected chi connectivity index (χ2v) is 5.52. The van der Waals surface area contributed by atoms with Gasteiger partial charge in [0.15, 0.2) is 0 Å². The van der Waals surface area contributed by atoms with E-state index in [0.717, 1.165) is 0 Å². The highest BCUT2D eigenvalue weighted by Crippen LogP contribution is 2.70. The van der Waals surface area contributed by atoms with Gasteiger partial charge in [-0.05, 0) is 30.0 Å². The zero-order valence-electron chi connectivity index (χ0n) is 7.09. The minimum absolute atomic E-state index is 0.333. The third-order valence-electron chi connectivity index (χ3n) is 3.51. The Morgan fingerprint density at radius 1 is 0.929 bits per heavy atom. The first-order valence-corrected chi connectivity index (χ1v) is 5.37. The normalized spacial score (nSPS) is 51.1. The molecule has 3 rings (SSSR count). The van der Waals surface area contributed by atoms with Crippen LogP contribution in [0.1, 0.15) is 6.42 Å². The molecule has 2 bridgehead atoms. The number of allylic oxidation sites excluding steroid dienone is 2. The zero-order chi connectivity index (χ0) is 10.1. The molecule has 0 radical (unpaired) electrons. The van der Waals surface area contributed by atoms with Crippen molar-refractivity contribution in [1.82, 2.24) is 0 Å². The quantitative estimate of drug-likeness (QED) is 0.449. The molecule has 1 saturated carbocycles. The predicted octanol–water partition coefficient (Wildman–Crippen LogP) is 3.36. The fourth-order valence-corrected chi connectivity index (χ4v) is 4.33. The van der Waals surface area contributed by atoms with E-state index in [0.29, 0.717) is 6.42 Å². The molecule has 0 spiro atoms. The standard InChI is InChI=1S/C9H8F4S/c10-8(11)6-4-1-2-5(3-4)7(6)9(12,13)14-8/h1-2,4-7H,3H2. The van der Waals surface area contributed by atoms with Gasteiger partial charge in [-0.2, -0.15) is 17.6 Å². The Kier molecular flexibility index (Phi) is 1.50. The van der Waals surface area contributed by atoms with Gasteiger partial charge in [0.25, 0.3) is 0 Å². The van der Waals surface area contributed by atoms with Crippen molar-refractivity contribution in [2.45, 2.75) is 16.9 Å². The number of fused-ring (bicyclic) bond motifs is 5. The van der Waals surface area contributed by atoms with E-state index in [1.807, 2.05) is 0 Å². The number of alkyl halides is 4. The summed E-state index contributed by atoms with van der Waals surface area (Å²) in [4.78, 5) is 0. The molecule has 3 aliphatic rings. The first-order chi connectivity index (χ1) is 6.42. The molecular formula is C9H8F4S. The Morgan fingerprint density at radius 3 is 1.79 bits per heavy atom. The van der Waals surface area contributed by atoms with Crippen LogP contribution in [0.5, 0.6) is 0 Å². The topological polar surface area (TPSA) is 0 Å². The van der Waals surface area contributed by atoms with Gasteiger partial charge in [-0.3, -0.25) is 0 Å². The summed E-state index contributed by atoms with van der Waals surface area (Å²) in [5.41, 5.74) is 0. The Bertz CT molecular complexity index is 284. The van der Waals surface area contributed by atoms with Crippen molar-refractivity contribution < 1.29 is 17.6 Å². The molecule has 1 heterocycles. The lowest BCUT2D eigenvalue weighted by atomic mass is 9.83. The number of thioether (sulfide) groups is 1. The van der Waals surface area contributed by atoms with Crippen LogP contribution in [-0.2, 0) is 0 Å². The molecular weight excluding hydrogens is 216 g/mol. The van der Waals surface area contributed by atoms with Gasteiger partial charge in [-0.25, -0.2) is 0 Å². The molecule has 4 atom stereocenters. The highest BCUT2D eigenvalue weighted by Gasteiger charge is 2.72. The second kappa shape index (κ2) is 2.31. The van der Waals surface area contributed by atoms with Crippen LogP contribution in [0.25, 0.3) is 0 Å². The fraction of sp³-hybridized carbons (Fsp3) is 0.778. The molecule has 1 saturated heterocycles. The molecule has 0 amide bonds. The summed E-state index contributed by atoms with van der Waals surface area (Å²) in [7, 11) is 0. The van der Waals surface area contributed by atoms with E-state index in [9.17, 15) is 17.6 Å². The summed E-state index contributed by atoms with van der Waals surface area (Å²) in [6.45, 7) is 0. The van der Waals surface area contributed by atoms with Gasteiger partial charge in [-0.1, -0.05) is 12.2 Å². The Hall–Kier alpha value is -0.190. The van der Waals surface area contributed by atoms with E-state index in [1.165, 1.54) is 0 Å². The van der Waals surface area contributed by atoms with Crippen molar-refractivity contribution in [3.8, 4) is 0 Å². The third-order valence-corrected chi connectivity index (χ3v) is 4.60. The van der Waals surface area contributed by atoms with Crippen LogP contribution in [0.3, 0.4) is 0 Å². The van der Waals surface area contributed by atoms with E-state index >= 15 is 0 Å². The van der Waals surface area contributed by atoms with Crippen LogP contribution in [-0.4, -0.2) is 10.5 Å². The van der Waals surface area contributed by atoms with Gasteiger partial charge in [0.05, 0.1) is 0 Å². The Balaban J connectivity index is 2.06. The Labute approximate surface area is 82.7 Å². The molecule has 14 heavy (non-hydrogen) atoms. The smallest absolute Gasteiger partial charge is 0.194 e. The van der Waals surface area contributed by atoms with Crippen LogP contribution in [0.2, 0.25) is 0 Å². The van der Waals surface area contributed by atoms with Gasteiger partial charge in [0.2, 0.25) is 0 Å². The minimum atomic E-state index is -3.25. The van der Waals surface area contributed by atoms with Crippen LogP contribution < -0.4 is 0 Å².